The Morgan fingerprint density at radius 1 is 0.696 bits per heavy atom. The third kappa shape index (κ3) is 1.64. The predicted octanol–water partition coefficient (Wildman–Crippen LogP) is 4.13. The summed E-state index contributed by atoms with van der Waals surface area (Å²) in [6, 6.07) is 0. The van der Waals surface area contributed by atoms with Gasteiger partial charge in [0.2, 0.25) is 5.91 Å². The van der Waals surface area contributed by atoms with Crippen LogP contribution in [0.5, 0.6) is 0 Å². The van der Waals surface area contributed by atoms with Gasteiger partial charge < -0.3 is 5.73 Å². The highest BCUT2D eigenvalue weighted by Crippen LogP contribution is 2.73. The Morgan fingerprint density at radius 2 is 1.13 bits per heavy atom. The standard InChI is InChI=1S/C21H31NO/c22-19(23)21-10-15-4-16(11-21)6-17(5-15)18(21)20-7-12-1-13(8-20)3-14(2-12)9-20/h12-18H,1-11H2,(H2,22,23). The monoisotopic (exact) mass is 313 g/mol. The minimum Gasteiger partial charge on any atom is -0.369 e. The van der Waals surface area contributed by atoms with Crippen LogP contribution in [0.4, 0.5) is 0 Å². The van der Waals surface area contributed by atoms with E-state index in [1.807, 2.05) is 0 Å². The number of nitrogens with two attached hydrogens (primary N) is 1. The summed E-state index contributed by atoms with van der Waals surface area (Å²) >= 11 is 0. The zero-order chi connectivity index (χ0) is 15.4. The lowest BCUT2D eigenvalue weighted by Gasteiger charge is -2.69. The van der Waals surface area contributed by atoms with E-state index in [0.717, 1.165) is 48.3 Å². The first-order chi connectivity index (χ1) is 11.1. The maximum Gasteiger partial charge on any atom is 0.223 e. The maximum absolute atomic E-state index is 12.8. The van der Waals surface area contributed by atoms with E-state index in [9.17, 15) is 4.79 Å². The van der Waals surface area contributed by atoms with Crippen molar-refractivity contribution in [2.24, 2.45) is 58.0 Å². The zero-order valence-electron chi connectivity index (χ0n) is 14.3. The molecule has 0 aliphatic heterocycles. The van der Waals surface area contributed by atoms with E-state index in [1.165, 1.54) is 57.8 Å². The predicted molar refractivity (Wildman–Crippen MR) is 89.3 cm³/mol. The van der Waals surface area contributed by atoms with E-state index in [-0.39, 0.29) is 11.3 Å². The Balaban J connectivity index is 1.46. The molecule has 8 aliphatic carbocycles. The molecule has 0 aromatic heterocycles. The average molecular weight is 313 g/mol. The van der Waals surface area contributed by atoms with Gasteiger partial charge in [0.15, 0.2) is 0 Å². The number of carbonyl (C=O) groups is 1. The highest BCUT2D eigenvalue weighted by molar-refractivity contribution is 5.82. The molecule has 3 unspecified atom stereocenters. The fraction of sp³-hybridized carbons (Fsp3) is 0.952. The van der Waals surface area contributed by atoms with Gasteiger partial charge in [-0.25, -0.2) is 0 Å². The lowest BCUT2D eigenvalue weighted by atomic mass is 9.35. The highest BCUT2D eigenvalue weighted by Gasteiger charge is 2.67. The van der Waals surface area contributed by atoms with Crippen molar-refractivity contribution in [3.05, 3.63) is 0 Å². The van der Waals surface area contributed by atoms with Gasteiger partial charge in [0, 0.05) is 0 Å². The summed E-state index contributed by atoms with van der Waals surface area (Å²) in [5.74, 6) is 6.21. The molecule has 8 bridgehead atoms. The van der Waals surface area contributed by atoms with Crippen molar-refractivity contribution in [2.75, 3.05) is 0 Å². The van der Waals surface area contributed by atoms with Crippen molar-refractivity contribution in [3.8, 4) is 0 Å². The van der Waals surface area contributed by atoms with Crippen molar-refractivity contribution in [1.29, 1.82) is 0 Å². The summed E-state index contributed by atoms with van der Waals surface area (Å²) in [5.41, 5.74) is 6.58. The molecule has 2 nitrogen and oxygen atoms in total. The molecule has 8 fully saturated rings. The molecule has 3 atom stereocenters. The molecule has 0 saturated heterocycles. The summed E-state index contributed by atoms with van der Waals surface area (Å²) in [5, 5.41) is 0. The fourth-order valence-corrected chi connectivity index (χ4v) is 10.0. The lowest BCUT2D eigenvalue weighted by molar-refractivity contribution is -0.207. The minimum absolute atomic E-state index is 0.0948. The van der Waals surface area contributed by atoms with Crippen LogP contribution in [0.2, 0.25) is 0 Å². The van der Waals surface area contributed by atoms with E-state index in [0.29, 0.717) is 11.3 Å². The van der Waals surface area contributed by atoms with Gasteiger partial charge in [-0.2, -0.15) is 0 Å². The van der Waals surface area contributed by atoms with E-state index in [4.69, 9.17) is 5.73 Å². The molecule has 0 heterocycles. The Kier molecular flexibility index (Phi) is 2.49. The summed E-state index contributed by atoms with van der Waals surface area (Å²) in [6.07, 6.45) is 15.4. The van der Waals surface area contributed by atoms with Crippen LogP contribution in [0.3, 0.4) is 0 Å². The molecule has 23 heavy (non-hydrogen) atoms. The van der Waals surface area contributed by atoms with Gasteiger partial charge in [-0.05, 0) is 117 Å². The van der Waals surface area contributed by atoms with Crippen LogP contribution in [0.1, 0.15) is 70.6 Å². The van der Waals surface area contributed by atoms with E-state index in [1.54, 1.807) is 0 Å². The second kappa shape index (κ2) is 4.17. The largest absolute Gasteiger partial charge is 0.369 e. The molecule has 2 N–H and O–H groups in total. The molecule has 126 valence electrons. The van der Waals surface area contributed by atoms with Crippen LogP contribution < -0.4 is 5.73 Å². The van der Waals surface area contributed by atoms with Crippen LogP contribution in [0.25, 0.3) is 0 Å². The number of hydrogen-bond donors (Lipinski definition) is 1. The van der Waals surface area contributed by atoms with Crippen LogP contribution in [0, 0.1) is 52.3 Å². The summed E-state index contributed by atoms with van der Waals surface area (Å²) < 4.78 is 0. The average Bonchev–Trinajstić information content (AvgIpc) is 2.43. The van der Waals surface area contributed by atoms with Crippen LogP contribution in [-0.4, -0.2) is 5.91 Å². The smallest absolute Gasteiger partial charge is 0.223 e. The van der Waals surface area contributed by atoms with E-state index >= 15 is 0 Å². The molecule has 8 rings (SSSR count). The van der Waals surface area contributed by atoms with Crippen molar-refractivity contribution < 1.29 is 4.79 Å². The summed E-state index contributed by atoms with van der Waals surface area (Å²) in [4.78, 5) is 12.8. The number of primary amides is 1. The van der Waals surface area contributed by atoms with Crippen molar-refractivity contribution in [3.63, 3.8) is 0 Å². The first-order valence-electron chi connectivity index (χ1n) is 10.4. The topological polar surface area (TPSA) is 43.1 Å². The van der Waals surface area contributed by atoms with Crippen LogP contribution in [0.15, 0.2) is 0 Å². The molecule has 0 radical (unpaired) electrons. The minimum atomic E-state index is -0.0968. The highest BCUT2D eigenvalue weighted by atomic mass is 16.1. The van der Waals surface area contributed by atoms with Crippen LogP contribution >= 0.6 is 0 Å². The SMILES string of the molecule is NC(=O)C12CC3CC(CC(C3)C1C13CC4CC(CC(C4)C1)C3)C2. The van der Waals surface area contributed by atoms with Gasteiger partial charge >= 0.3 is 0 Å². The fourth-order valence-electron chi connectivity index (χ4n) is 10.0. The Hall–Kier alpha value is -0.530. The second-order valence-corrected chi connectivity index (χ2v) is 10.9. The van der Waals surface area contributed by atoms with Gasteiger partial charge in [-0.15, -0.1) is 0 Å². The third-order valence-electron chi connectivity index (χ3n) is 9.55. The number of rotatable bonds is 2. The van der Waals surface area contributed by atoms with Gasteiger partial charge in [0.05, 0.1) is 5.41 Å². The quantitative estimate of drug-likeness (QED) is 0.818. The number of amides is 1. The Labute approximate surface area is 140 Å². The summed E-state index contributed by atoms with van der Waals surface area (Å²) in [6.45, 7) is 0. The molecular weight excluding hydrogens is 282 g/mol. The molecular formula is C21H31NO. The van der Waals surface area contributed by atoms with Gasteiger partial charge in [-0.3, -0.25) is 4.79 Å². The molecule has 1 amide bonds. The first kappa shape index (κ1) is 13.7. The van der Waals surface area contributed by atoms with Gasteiger partial charge in [0.25, 0.3) is 0 Å². The molecule has 2 heteroatoms. The summed E-state index contributed by atoms with van der Waals surface area (Å²) in [7, 11) is 0. The Bertz CT molecular complexity index is 517. The molecule has 0 aromatic rings. The molecule has 8 aliphatic rings. The van der Waals surface area contributed by atoms with Crippen molar-refractivity contribution in [1.82, 2.24) is 0 Å². The first-order valence-corrected chi connectivity index (χ1v) is 10.4. The third-order valence-corrected chi connectivity index (χ3v) is 9.55. The molecule has 8 saturated carbocycles. The molecule has 0 aromatic carbocycles. The normalized spacial score (nSPS) is 62.0. The second-order valence-electron chi connectivity index (χ2n) is 10.9. The van der Waals surface area contributed by atoms with E-state index in [2.05, 4.69) is 0 Å². The number of carbonyl (C=O) groups excluding carboxylic acids is 1. The number of hydrogen-bond acceptors (Lipinski definition) is 1. The zero-order valence-corrected chi connectivity index (χ0v) is 14.3. The van der Waals surface area contributed by atoms with Gasteiger partial charge in [0.1, 0.15) is 0 Å². The lowest BCUT2D eigenvalue weighted by Crippen LogP contribution is -2.65. The van der Waals surface area contributed by atoms with Crippen LogP contribution in [-0.2, 0) is 4.79 Å². The van der Waals surface area contributed by atoms with E-state index < -0.39 is 0 Å². The molecule has 0 spiro atoms. The van der Waals surface area contributed by atoms with Crippen molar-refractivity contribution in [2.45, 2.75) is 70.6 Å². The van der Waals surface area contributed by atoms with Crippen molar-refractivity contribution >= 4 is 5.91 Å². The van der Waals surface area contributed by atoms with Gasteiger partial charge in [-0.1, -0.05) is 0 Å². The maximum atomic E-state index is 12.8. The Morgan fingerprint density at radius 3 is 1.57 bits per heavy atom.